The van der Waals surface area contributed by atoms with Crippen LogP contribution in [0.1, 0.15) is 0 Å². The summed E-state index contributed by atoms with van der Waals surface area (Å²) >= 11 is 7.94. The van der Waals surface area contributed by atoms with Gasteiger partial charge in [0.1, 0.15) is 22.6 Å². The van der Waals surface area contributed by atoms with E-state index in [2.05, 4.69) is 102 Å². The van der Waals surface area contributed by atoms with Gasteiger partial charge in [0, 0.05) is 66.5 Å². The SMILES string of the molecule is Clc1ccccc1S(Nc1ccccc1)(Nc1ccccc1)(Nc1ccccc1)(Nc1ccccc1)c1cccc2c3nc4nc(nc5[nH]c(nc6nc(nc([nH]3)c12)-c1ccccc1-6)c1ccccc51)-c1ccccc1-4. The van der Waals surface area contributed by atoms with Crippen LogP contribution in [0.15, 0.2) is 246 Å². The molecule has 12 nitrogen and oxygen atoms in total. The van der Waals surface area contributed by atoms with Crippen molar-refractivity contribution >= 4 is 87.5 Å². The van der Waals surface area contributed by atoms with Crippen molar-refractivity contribution in [3.05, 3.63) is 242 Å². The first-order valence-electron chi connectivity index (χ1n) is 24.8. The van der Waals surface area contributed by atoms with Crippen molar-refractivity contribution in [2.24, 2.45) is 0 Å². The Balaban J connectivity index is 1.25. The highest BCUT2D eigenvalue weighted by Crippen LogP contribution is 2.95. The van der Waals surface area contributed by atoms with E-state index in [-0.39, 0.29) is 0 Å². The van der Waals surface area contributed by atoms with E-state index in [4.69, 9.17) is 41.5 Å². The predicted molar refractivity (Wildman–Crippen MR) is 312 cm³/mol. The molecule has 0 amide bonds. The van der Waals surface area contributed by atoms with E-state index in [1.165, 1.54) is 0 Å². The van der Waals surface area contributed by atoms with Crippen LogP contribution >= 0.6 is 20.6 Å². The van der Waals surface area contributed by atoms with E-state index in [0.717, 1.165) is 61.2 Å². The number of aromatic nitrogens is 8. The Hall–Kier alpha value is -9.82. The first kappa shape index (κ1) is 44.8. The van der Waals surface area contributed by atoms with Gasteiger partial charge in [0.2, 0.25) is 0 Å². The van der Waals surface area contributed by atoms with Crippen LogP contribution in [0.4, 0.5) is 22.7 Å². The number of H-pyrrole nitrogens is 2. The molecule has 0 unspecified atom stereocenters. The van der Waals surface area contributed by atoms with Gasteiger partial charge in [0.25, 0.3) is 0 Å². The summed E-state index contributed by atoms with van der Waals surface area (Å²) < 4.78 is 17.4. The lowest BCUT2D eigenvalue weighted by molar-refractivity contribution is 1.19. The number of nitrogens with zero attached hydrogens (tertiary/aromatic N) is 6. The van der Waals surface area contributed by atoms with Gasteiger partial charge in [-0.05, 0) is 75.8 Å². The number of hydrogen-bond acceptors (Lipinski definition) is 10. The second-order valence-corrected chi connectivity index (χ2v) is 23.9. The molecule has 5 heterocycles. The molecule has 0 spiro atoms. The number of anilines is 4. The summed E-state index contributed by atoms with van der Waals surface area (Å²) in [4.78, 5) is 41.0. The molecule has 2 aliphatic rings. The third-order valence-corrected chi connectivity index (χ3v) is 20.4. The number of benzene rings is 9. The van der Waals surface area contributed by atoms with Crippen LogP contribution in [0.25, 0.3) is 89.7 Å². The zero-order valence-corrected chi connectivity index (χ0v) is 42.1. The smallest absolute Gasteiger partial charge is 0.164 e. The molecule has 0 saturated carbocycles. The number of hydrogen-bond donors (Lipinski definition) is 6. The Morgan fingerprint density at radius 2 is 0.605 bits per heavy atom. The third-order valence-electron chi connectivity index (χ3n) is 14.1. The molecule has 12 aromatic rings. The molecule has 2 aliphatic heterocycles. The molecule has 0 radical (unpaired) electrons. The fraction of sp³-hybridized carbons (Fsp3) is 0. The van der Waals surface area contributed by atoms with Crippen LogP contribution in [0.2, 0.25) is 5.02 Å². The third kappa shape index (κ3) is 6.94. The minimum atomic E-state index is -5.61. The maximum atomic E-state index is 7.94. The molecule has 8 bridgehead atoms. The average molecular weight is 1030 g/mol. The van der Waals surface area contributed by atoms with E-state index < -0.39 is 9.04 Å². The molecule has 14 heteroatoms. The molecule has 3 aromatic heterocycles. The number of para-hydroxylation sites is 4. The lowest BCUT2D eigenvalue weighted by atomic mass is 10.1. The van der Waals surface area contributed by atoms with E-state index in [1.807, 2.05) is 164 Å². The Labute approximate surface area is 440 Å². The molecule has 0 aliphatic carbocycles. The normalized spacial score (nSPS) is 12.8. The second-order valence-electron chi connectivity index (χ2n) is 18.8. The molecule has 9 aromatic carbocycles. The fourth-order valence-electron chi connectivity index (χ4n) is 10.9. The standard InChI is InChI=1S/C62H45ClN12S/c63-51-37-19-20-38-52(51)76(72-40-22-5-1-6-23-40,73-41-24-7-2-8-25-41,74-42-26-9-3-10-27-42,75-43-28-11-4-12-29-43)53-39-21-36-50-54(53)62-70-60-49-35-18-17-34-48(49)58(68-60)66-56-45-31-14-13-30-44(45)55(64-56)65-57-46-32-15-16-33-47(46)59(67-57)69-61(50)71-62/h1-39,72-75H,(H2,64,65,66,67,68,69,70,71). The Morgan fingerprint density at radius 3 is 1.03 bits per heavy atom. The molecule has 6 N–H and O–H groups in total. The van der Waals surface area contributed by atoms with Gasteiger partial charge < -0.3 is 28.9 Å². The number of fused-ring (bicyclic) bond motifs is 20. The first-order chi connectivity index (χ1) is 37.4. The second kappa shape index (κ2) is 17.1. The summed E-state index contributed by atoms with van der Waals surface area (Å²) in [5, 5.41) is 3.68. The quantitative estimate of drug-likeness (QED) is 0.0779. The summed E-state index contributed by atoms with van der Waals surface area (Å²) in [7, 11) is -5.61. The van der Waals surface area contributed by atoms with E-state index >= 15 is 0 Å². The molecule has 14 rings (SSSR count). The number of halogens is 1. The predicted octanol–water partition coefficient (Wildman–Crippen LogP) is 15.9. The molecule has 0 saturated heterocycles. The van der Waals surface area contributed by atoms with E-state index in [0.29, 0.717) is 66.1 Å². The molecule has 76 heavy (non-hydrogen) atoms. The van der Waals surface area contributed by atoms with Crippen molar-refractivity contribution in [1.82, 2.24) is 39.9 Å². The van der Waals surface area contributed by atoms with Gasteiger partial charge in [0.15, 0.2) is 23.3 Å². The number of nitrogens with one attached hydrogen (secondary N) is 6. The van der Waals surface area contributed by atoms with Crippen molar-refractivity contribution in [3.8, 4) is 45.6 Å². The summed E-state index contributed by atoms with van der Waals surface area (Å²) in [6, 6.07) is 79.2. The Bertz CT molecular complexity index is 4250. The van der Waals surface area contributed by atoms with Gasteiger partial charge in [0.05, 0.1) is 14.8 Å². The van der Waals surface area contributed by atoms with Gasteiger partial charge >= 0.3 is 0 Å². The summed E-state index contributed by atoms with van der Waals surface area (Å²) in [5.41, 5.74) is 8.58. The van der Waals surface area contributed by atoms with Gasteiger partial charge in [-0.25, -0.2) is 29.9 Å². The number of aromatic amines is 2. The summed E-state index contributed by atoms with van der Waals surface area (Å²) in [5.74, 6) is 1.95. The highest BCUT2D eigenvalue weighted by Gasteiger charge is 2.65. The van der Waals surface area contributed by atoms with Crippen LogP contribution in [-0.2, 0) is 0 Å². The highest BCUT2D eigenvalue weighted by atomic mass is 35.5. The zero-order valence-electron chi connectivity index (χ0n) is 40.5. The van der Waals surface area contributed by atoms with Gasteiger partial charge in [-0.15, -0.1) is 0 Å². The van der Waals surface area contributed by atoms with E-state index in [9.17, 15) is 0 Å². The maximum absolute atomic E-state index is 7.94. The summed E-state index contributed by atoms with van der Waals surface area (Å²) in [6.45, 7) is 0. The monoisotopic (exact) mass is 1020 g/mol. The number of rotatable bonds is 10. The topological polar surface area (TPSA) is 157 Å². The largest absolute Gasteiger partial charge is 0.324 e. The lowest BCUT2D eigenvalue weighted by Gasteiger charge is -2.82. The Morgan fingerprint density at radius 1 is 0.289 bits per heavy atom. The molecule has 0 atom stereocenters. The lowest BCUT2D eigenvalue weighted by Crippen LogP contribution is -2.61. The van der Waals surface area contributed by atoms with E-state index in [1.54, 1.807) is 0 Å². The van der Waals surface area contributed by atoms with Crippen molar-refractivity contribution in [2.75, 3.05) is 18.9 Å². The Kier molecular flexibility index (Phi) is 10.1. The van der Waals surface area contributed by atoms with Gasteiger partial charge in [-0.2, -0.15) is 0 Å². The first-order valence-corrected chi connectivity index (χ1v) is 27.6. The van der Waals surface area contributed by atoms with Crippen LogP contribution in [-0.4, -0.2) is 39.9 Å². The van der Waals surface area contributed by atoms with Crippen molar-refractivity contribution < 1.29 is 0 Å². The average Bonchev–Trinajstić information content (AvgIpc) is 4.32. The van der Waals surface area contributed by atoms with Crippen LogP contribution < -0.4 is 18.9 Å². The van der Waals surface area contributed by atoms with Crippen LogP contribution in [0.5, 0.6) is 0 Å². The van der Waals surface area contributed by atoms with Gasteiger partial charge in [-0.1, -0.05) is 181 Å². The fourth-order valence-corrected chi connectivity index (χ4v) is 18.0. The minimum absolute atomic E-state index is 0.454. The molecule has 0 fully saturated rings. The zero-order chi connectivity index (χ0) is 50.7. The van der Waals surface area contributed by atoms with Crippen molar-refractivity contribution in [1.29, 1.82) is 0 Å². The molecule has 366 valence electrons. The minimum Gasteiger partial charge on any atom is -0.324 e. The summed E-state index contributed by atoms with van der Waals surface area (Å²) in [6.07, 6.45) is 0. The van der Waals surface area contributed by atoms with Crippen molar-refractivity contribution in [2.45, 2.75) is 9.79 Å². The van der Waals surface area contributed by atoms with Gasteiger partial charge in [-0.3, -0.25) is 0 Å². The van der Waals surface area contributed by atoms with Crippen LogP contribution in [0.3, 0.4) is 0 Å². The van der Waals surface area contributed by atoms with Crippen LogP contribution in [0, 0.1) is 0 Å². The highest BCUT2D eigenvalue weighted by molar-refractivity contribution is 8.68. The molecular weight excluding hydrogens is 980 g/mol. The molecular formula is C62H45ClN12S. The van der Waals surface area contributed by atoms with Crippen molar-refractivity contribution in [3.63, 3.8) is 0 Å². The maximum Gasteiger partial charge on any atom is 0.164 e.